The average molecular weight is 327 g/mol. The molecular formula is C18H21N3O3. The lowest BCUT2D eigenvalue weighted by molar-refractivity contribution is 0.127. The molecule has 0 atom stereocenters. The van der Waals surface area contributed by atoms with Gasteiger partial charge in [-0.2, -0.15) is 0 Å². The first-order valence-electron chi connectivity index (χ1n) is 7.57. The molecular weight excluding hydrogens is 306 g/mol. The number of hydrogen-bond donors (Lipinski definition) is 1. The normalized spacial score (nSPS) is 11.2. The van der Waals surface area contributed by atoms with E-state index in [1.165, 1.54) is 0 Å². The van der Waals surface area contributed by atoms with E-state index in [0.29, 0.717) is 6.61 Å². The molecule has 0 saturated heterocycles. The van der Waals surface area contributed by atoms with Crippen LogP contribution in [0.25, 0.3) is 0 Å². The molecule has 1 heterocycles. The van der Waals surface area contributed by atoms with Crippen molar-refractivity contribution in [3.63, 3.8) is 0 Å². The van der Waals surface area contributed by atoms with Crippen molar-refractivity contribution in [2.45, 2.75) is 34.0 Å². The Bertz CT molecular complexity index is 757. The minimum atomic E-state index is -0.792. The molecule has 6 heteroatoms. The molecule has 2 rings (SSSR count). The Balaban J connectivity index is 2.04. The zero-order chi connectivity index (χ0) is 17.5. The summed E-state index contributed by atoms with van der Waals surface area (Å²) in [6.07, 6.45) is -0.792. The van der Waals surface area contributed by atoms with E-state index in [1.54, 1.807) is 0 Å². The average Bonchev–Trinajstić information content (AvgIpc) is 2.54. The van der Waals surface area contributed by atoms with E-state index >= 15 is 0 Å². The number of nitrogens with zero attached hydrogens (tertiary/aromatic N) is 2. The molecule has 0 unspecified atom stereocenters. The topological polar surface area (TPSA) is 86.8 Å². The quantitative estimate of drug-likeness (QED) is 0.652. The van der Waals surface area contributed by atoms with Crippen molar-refractivity contribution in [3.05, 3.63) is 64.5 Å². The number of aryl methyl sites for hydroxylation is 2. The Morgan fingerprint density at radius 3 is 2.71 bits per heavy atom. The molecule has 0 spiro atoms. The summed E-state index contributed by atoms with van der Waals surface area (Å²) in [5, 5.41) is 4.13. The van der Waals surface area contributed by atoms with Gasteiger partial charge in [0.1, 0.15) is 6.61 Å². The maximum Gasteiger partial charge on any atom is 0.404 e. The summed E-state index contributed by atoms with van der Waals surface area (Å²) < 4.78 is 4.85. The van der Waals surface area contributed by atoms with Crippen molar-refractivity contribution in [2.75, 3.05) is 0 Å². The van der Waals surface area contributed by atoms with Crippen molar-refractivity contribution in [1.82, 2.24) is 4.98 Å². The fourth-order valence-electron chi connectivity index (χ4n) is 2.13. The smallest absolute Gasteiger partial charge is 0.404 e. The number of benzene rings is 1. The van der Waals surface area contributed by atoms with Crippen LogP contribution >= 0.6 is 0 Å². The number of primary amides is 1. The van der Waals surface area contributed by atoms with Crippen LogP contribution in [0.15, 0.2) is 41.6 Å². The lowest BCUT2D eigenvalue weighted by Gasteiger charge is -2.09. The van der Waals surface area contributed by atoms with Crippen LogP contribution in [0.1, 0.15) is 35.0 Å². The molecule has 6 nitrogen and oxygen atoms in total. The molecule has 2 aromatic rings. The van der Waals surface area contributed by atoms with E-state index < -0.39 is 6.09 Å². The van der Waals surface area contributed by atoms with Gasteiger partial charge in [-0.05, 0) is 55.7 Å². The summed E-state index contributed by atoms with van der Waals surface area (Å²) in [5.74, 6) is 0. The largest absolute Gasteiger partial charge is 0.445 e. The van der Waals surface area contributed by atoms with Crippen LogP contribution in [0.5, 0.6) is 0 Å². The van der Waals surface area contributed by atoms with Gasteiger partial charge in [0.2, 0.25) is 0 Å². The number of nitrogens with two attached hydrogens (primary N) is 1. The molecule has 126 valence electrons. The van der Waals surface area contributed by atoms with Crippen molar-refractivity contribution in [1.29, 1.82) is 0 Å². The van der Waals surface area contributed by atoms with E-state index in [4.69, 9.17) is 15.3 Å². The van der Waals surface area contributed by atoms with Crippen molar-refractivity contribution in [3.8, 4) is 0 Å². The van der Waals surface area contributed by atoms with Gasteiger partial charge in [-0.15, -0.1) is 0 Å². The van der Waals surface area contributed by atoms with Gasteiger partial charge in [-0.3, -0.25) is 4.98 Å². The monoisotopic (exact) mass is 327 g/mol. The highest BCUT2D eigenvalue weighted by molar-refractivity contribution is 5.98. The third-order valence-electron chi connectivity index (χ3n) is 3.50. The second-order valence-electron chi connectivity index (χ2n) is 5.47. The number of pyridine rings is 1. The van der Waals surface area contributed by atoms with Crippen LogP contribution in [0.3, 0.4) is 0 Å². The number of aromatic nitrogens is 1. The zero-order valence-electron chi connectivity index (χ0n) is 14.1. The van der Waals surface area contributed by atoms with Gasteiger partial charge < -0.3 is 15.3 Å². The van der Waals surface area contributed by atoms with Gasteiger partial charge in [0, 0.05) is 5.69 Å². The van der Waals surface area contributed by atoms with Gasteiger partial charge in [0.05, 0.1) is 11.4 Å². The van der Waals surface area contributed by atoms with E-state index in [-0.39, 0.29) is 6.61 Å². The first-order chi connectivity index (χ1) is 11.5. The lowest BCUT2D eigenvalue weighted by atomic mass is 10.0. The zero-order valence-corrected chi connectivity index (χ0v) is 14.1. The highest BCUT2D eigenvalue weighted by atomic mass is 16.6. The minimum absolute atomic E-state index is 0.135. The molecule has 0 bridgehead atoms. The molecule has 1 amide bonds. The molecule has 0 aliphatic carbocycles. The molecule has 0 aliphatic heterocycles. The Hall–Kier alpha value is -2.89. The first-order valence-corrected chi connectivity index (χ1v) is 7.57. The summed E-state index contributed by atoms with van der Waals surface area (Å²) in [6, 6.07) is 11.5. The predicted molar refractivity (Wildman–Crippen MR) is 91.5 cm³/mol. The second-order valence-corrected chi connectivity index (χ2v) is 5.47. The van der Waals surface area contributed by atoms with Crippen molar-refractivity contribution < 1.29 is 14.4 Å². The molecule has 0 saturated carbocycles. The van der Waals surface area contributed by atoms with E-state index in [1.807, 2.05) is 57.2 Å². The number of oxime groups is 1. The van der Waals surface area contributed by atoms with Crippen LogP contribution in [0.4, 0.5) is 4.79 Å². The maximum atomic E-state index is 10.8. The van der Waals surface area contributed by atoms with Crippen LogP contribution in [-0.2, 0) is 22.8 Å². The number of carbonyl (C=O) groups is 1. The van der Waals surface area contributed by atoms with Crippen LogP contribution in [-0.4, -0.2) is 16.8 Å². The highest BCUT2D eigenvalue weighted by Gasteiger charge is 2.06. The molecule has 24 heavy (non-hydrogen) atoms. The van der Waals surface area contributed by atoms with E-state index in [9.17, 15) is 4.79 Å². The third kappa shape index (κ3) is 5.08. The third-order valence-corrected chi connectivity index (χ3v) is 3.50. The first kappa shape index (κ1) is 17.5. The van der Waals surface area contributed by atoms with Gasteiger partial charge in [0.25, 0.3) is 0 Å². The Morgan fingerprint density at radius 2 is 2.00 bits per heavy atom. The second kappa shape index (κ2) is 8.10. The van der Waals surface area contributed by atoms with Crippen LogP contribution < -0.4 is 5.73 Å². The SMILES string of the molecule is CC(=NOCc1cccc(C)n1)c1ccc(C)c(COC(N)=O)c1. The highest BCUT2D eigenvalue weighted by Crippen LogP contribution is 2.14. The summed E-state index contributed by atoms with van der Waals surface area (Å²) in [4.78, 5) is 20.5. The van der Waals surface area contributed by atoms with Crippen LogP contribution in [0.2, 0.25) is 0 Å². The van der Waals surface area contributed by atoms with Gasteiger partial charge >= 0.3 is 6.09 Å². The fraction of sp³-hybridized carbons (Fsp3) is 0.278. The van der Waals surface area contributed by atoms with Crippen molar-refractivity contribution in [2.24, 2.45) is 10.9 Å². The van der Waals surface area contributed by atoms with E-state index in [0.717, 1.165) is 33.8 Å². The summed E-state index contributed by atoms with van der Waals surface area (Å²) in [7, 11) is 0. The number of rotatable bonds is 6. The summed E-state index contributed by atoms with van der Waals surface area (Å²) in [5.41, 5.74) is 10.3. The van der Waals surface area contributed by atoms with Gasteiger partial charge in [-0.25, -0.2) is 4.79 Å². The summed E-state index contributed by atoms with van der Waals surface area (Å²) in [6.45, 7) is 6.17. The predicted octanol–water partition coefficient (Wildman–Crippen LogP) is 3.23. The Kier molecular flexibility index (Phi) is 5.89. The maximum absolute atomic E-state index is 10.8. The van der Waals surface area contributed by atoms with E-state index in [2.05, 4.69) is 10.1 Å². The number of ether oxygens (including phenoxy) is 1. The molecule has 0 aliphatic rings. The summed E-state index contributed by atoms with van der Waals surface area (Å²) >= 11 is 0. The number of amides is 1. The lowest BCUT2D eigenvalue weighted by Crippen LogP contribution is -2.13. The molecule has 0 fully saturated rings. The van der Waals surface area contributed by atoms with Gasteiger partial charge in [-0.1, -0.05) is 23.4 Å². The molecule has 2 N–H and O–H groups in total. The standard InChI is InChI=1S/C18H21N3O3/c1-12-7-8-15(9-16(12)10-23-18(19)22)14(3)21-24-11-17-6-4-5-13(2)20-17/h4-9H,10-11H2,1-3H3,(H2,19,22). The minimum Gasteiger partial charge on any atom is -0.445 e. The molecule has 1 aromatic heterocycles. The Labute approximate surface area is 141 Å². The fourth-order valence-corrected chi connectivity index (χ4v) is 2.13. The molecule has 0 radical (unpaired) electrons. The van der Waals surface area contributed by atoms with Gasteiger partial charge in [0.15, 0.2) is 6.61 Å². The number of carbonyl (C=O) groups excluding carboxylic acids is 1. The van der Waals surface area contributed by atoms with Crippen molar-refractivity contribution >= 4 is 11.8 Å². The number of hydrogen-bond acceptors (Lipinski definition) is 5. The molecule has 1 aromatic carbocycles. The van der Waals surface area contributed by atoms with Crippen LogP contribution in [0, 0.1) is 13.8 Å². The Morgan fingerprint density at radius 1 is 1.21 bits per heavy atom.